The average molecular weight is 484 g/mol. The van der Waals surface area contributed by atoms with Gasteiger partial charge in [0.15, 0.2) is 5.76 Å². The Balaban J connectivity index is 1.94. The molecule has 2 N–H and O–H groups in total. The minimum atomic E-state index is 0.561. The molecule has 7 heteroatoms. The molecule has 5 nitrogen and oxygen atoms in total. The van der Waals surface area contributed by atoms with Crippen molar-refractivity contribution in [2.24, 2.45) is 0 Å². The second-order valence-corrected chi connectivity index (χ2v) is 6.95. The molecular weight excluding hydrogens is 473 g/mol. The lowest BCUT2D eigenvalue weighted by Gasteiger charge is -2.04. The molecule has 1 aromatic carbocycles. The highest BCUT2D eigenvalue weighted by Gasteiger charge is 2.20. The fourth-order valence-corrected chi connectivity index (χ4v) is 3.86. The van der Waals surface area contributed by atoms with Crippen LogP contribution in [0.15, 0.2) is 45.5 Å². The summed E-state index contributed by atoms with van der Waals surface area (Å²) in [6, 6.07) is 7.80. The topological polar surface area (TPSA) is 66.8 Å². The van der Waals surface area contributed by atoms with Crippen molar-refractivity contribution in [3.8, 4) is 28.7 Å². The van der Waals surface area contributed by atoms with E-state index in [1.807, 2.05) is 30.5 Å². The first-order valence-corrected chi connectivity index (χ1v) is 8.69. The molecule has 3 aromatic heterocycles. The van der Waals surface area contributed by atoms with Gasteiger partial charge in [-0.1, -0.05) is 15.9 Å². The zero-order valence-electron chi connectivity index (χ0n) is 12.0. The highest BCUT2D eigenvalue weighted by molar-refractivity contribution is 14.1. The maximum absolute atomic E-state index is 5.96. The molecule has 0 saturated carbocycles. The van der Waals surface area contributed by atoms with E-state index in [1.165, 1.54) is 0 Å². The summed E-state index contributed by atoms with van der Waals surface area (Å²) in [7, 11) is 1.66. The molecule has 0 radical (unpaired) electrons. The molecule has 0 atom stereocenters. The van der Waals surface area contributed by atoms with Crippen LogP contribution in [0.1, 0.15) is 0 Å². The van der Waals surface area contributed by atoms with Crippen LogP contribution in [0.2, 0.25) is 0 Å². The van der Waals surface area contributed by atoms with Crippen LogP contribution in [-0.4, -0.2) is 22.1 Å². The highest BCUT2D eigenvalue weighted by atomic mass is 127. The van der Waals surface area contributed by atoms with Gasteiger partial charge in [-0.05, 0) is 46.9 Å². The molecule has 0 aliphatic rings. The van der Waals surface area contributed by atoms with Crippen molar-refractivity contribution in [3.63, 3.8) is 0 Å². The highest BCUT2D eigenvalue weighted by Crippen LogP contribution is 2.41. The second-order valence-electron chi connectivity index (χ2n) is 4.96. The van der Waals surface area contributed by atoms with Gasteiger partial charge < -0.3 is 19.1 Å². The molecule has 0 amide bonds. The number of aromatic nitrogens is 3. The fraction of sp³-hybridized carbons (Fsp3) is 0.0625. The molecular formula is C16H11BrIN3O2. The van der Waals surface area contributed by atoms with Gasteiger partial charge in [-0.25, -0.2) is 4.98 Å². The number of oxazole rings is 1. The second kappa shape index (κ2) is 5.72. The summed E-state index contributed by atoms with van der Waals surface area (Å²) in [5.41, 5.74) is 2.78. The van der Waals surface area contributed by atoms with Crippen molar-refractivity contribution in [3.05, 3.63) is 44.8 Å². The molecule has 23 heavy (non-hydrogen) atoms. The lowest BCUT2D eigenvalue weighted by molar-refractivity contribution is 0.419. The number of H-pyrrole nitrogens is 2. The van der Waals surface area contributed by atoms with Crippen LogP contribution in [-0.2, 0) is 0 Å². The molecule has 4 rings (SSSR count). The van der Waals surface area contributed by atoms with Crippen LogP contribution in [0.3, 0.4) is 0 Å². The first kappa shape index (κ1) is 14.8. The third kappa shape index (κ3) is 2.47. The summed E-state index contributed by atoms with van der Waals surface area (Å²) in [5.74, 6) is 2.04. The summed E-state index contributed by atoms with van der Waals surface area (Å²) in [6.07, 6.45) is 3.58. The van der Waals surface area contributed by atoms with Crippen molar-refractivity contribution < 1.29 is 9.15 Å². The zero-order valence-corrected chi connectivity index (χ0v) is 15.7. The van der Waals surface area contributed by atoms with E-state index in [4.69, 9.17) is 9.15 Å². The van der Waals surface area contributed by atoms with E-state index in [0.29, 0.717) is 11.7 Å². The Hall–Kier alpha value is -1.74. The third-order valence-corrected chi connectivity index (χ3v) is 4.85. The van der Waals surface area contributed by atoms with Crippen molar-refractivity contribution >= 4 is 49.4 Å². The van der Waals surface area contributed by atoms with Crippen molar-refractivity contribution in [1.82, 2.24) is 15.0 Å². The van der Waals surface area contributed by atoms with Gasteiger partial charge in [0.1, 0.15) is 11.4 Å². The molecule has 0 fully saturated rings. The Kier molecular flexibility index (Phi) is 3.68. The number of aromatic amines is 2. The number of methoxy groups -OCH3 is 1. The lowest BCUT2D eigenvalue weighted by atomic mass is 10.1. The minimum absolute atomic E-state index is 0.561. The van der Waals surface area contributed by atoms with E-state index in [1.54, 1.807) is 13.3 Å². The molecule has 0 spiro atoms. The Morgan fingerprint density at radius 1 is 1.35 bits per heavy atom. The predicted molar refractivity (Wildman–Crippen MR) is 101 cm³/mol. The summed E-state index contributed by atoms with van der Waals surface area (Å²) < 4.78 is 13.4. The summed E-state index contributed by atoms with van der Waals surface area (Å²) in [4.78, 5) is 10.8. The number of benzene rings is 1. The van der Waals surface area contributed by atoms with Crippen LogP contribution in [0.25, 0.3) is 33.8 Å². The van der Waals surface area contributed by atoms with E-state index in [9.17, 15) is 0 Å². The van der Waals surface area contributed by atoms with E-state index in [-0.39, 0.29) is 0 Å². The van der Waals surface area contributed by atoms with Gasteiger partial charge in [0, 0.05) is 10.7 Å². The van der Waals surface area contributed by atoms with E-state index >= 15 is 0 Å². The lowest BCUT2D eigenvalue weighted by Crippen LogP contribution is -1.85. The quantitative estimate of drug-likeness (QED) is 0.394. The number of fused-ring (bicyclic) bond motifs is 1. The zero-order chi connectivity index (χ0) is 16.0. The van der Waals surface area contributed by atoms with Crippen LogP contribution < -0.4 is 4.74 Å². The summed E-state index contributed by atoms with van der Waals surface area (Å²) >= 11 is 5.76. The first-order valence-electron chi connectivity index (χ1n) is 6.82. The number of nitrogens with zero attached hydrogens (tertiary/aromatic N) is 1. The minimum Gasteiger partial charge on any atom is -0.496 e. The molecule has 0 unspecified atom stereocenters. The summed E-state index contributed by atoms with van der Waals surface area (Å²) in [5, 5.41) is 0.981. The normalized spacial score (nSPS) is 11.3. The Bertz CT molecular complexity index is 989. The van der Waals surface area contributed by atoms with Crippen molar-refractivity contribution in [2.75, 3.05) is 7.11 Å². The van der Waals surface area contributed by atoms with Gasteiger partial charge in [-0.15, -0.1) is 0 Å². The number of halogens is 2. The number of ether oxygens (including phenoxy) is 1. The van der Waals surface area contributed by atoms with Crippen molar-refractivity contribution in [2.45, 2.75) is 0 Å². The van der Waals surface area contributed by atoms with Gasteiger partial charge in [0.05, 0.1) is 33.5 Å². The Morgan fingerprint density at radius 2 is 2.22 bits per heavy atom. The van der Waals surface area contributed by atoms with E-state index in [2.05, 4.69) is 53.5 Å². The first-order chi connectivity index (χ1) is 11.2. The number of hydrogen-bond acceptors (Lipinski definition) is 3. The van der Waals surface area contributed by atoms with E-state index < -0.39 is 0 Å². The molecule has 0 aliphatic heterocycles. The van der Waals surface area contributed by atoms with Crippen molar-refractivity contribution in [1.29, 1.82) is 0 Å². The van der Waals surface area contributed by atoms with Gasteiger partial charge >= 0.3 is 0 Å². The van der Waals surface area contributed by atoms with Crippen LogP contribution in [0, 0.1) is 3.70 Å². The average Bonchev–Trinajstić information content (AvgIpc) is 3.24. The molecule has 4 aromatic rings. The SMILES string of the molecule is COc1cc(Br)cc2[nH]c(I)c(-c3cnc(-c4ccc[nH]4)o3)c12. The van der Waals surface area contributed by atoms with Gasteiger partial charge in [0.2, 0.25) is 5.89 Å². The molecule has 3 heterocycles. The van der Waals surface area contributed by atoms with Gasteiger partial charge in [-0.2, -0.15) is 0 Å². The van der Waals surface area contributed by atoms with Gasteiger partial charge in [0.25, 0.3) is 0 Å². The maximum Gasteiger partial charge on any atom is 0.243 e. The Labute approximate surface area is 153 Å². The number of hydrogen-bond donors (Lipinski definition) is 2. The fourth-order valence-electron chi connectivity index (χ4n) is 2.60. The molecule has 0 aliphatic carbocycles. The number of nitrogens with one attached hydrogen (secondary N) is 2. The van der Waals surface area contributed by atoms with Crippen LogP contribution in [0.5, 0.6) is 5.75 Å². The maximum atomic E-state index is 5.96. The van der Waals surface area contributed by atoms with Crippen LogP contribution >= 0.6 is 38.5 Å². The molecule has 0 bridgehead atoms. The summed E-state index contributed by atoms with van der Waals surface area (Å²) in [6.45, 7) is 0. The third-order valence-electron chi connectivity index (χ3n) is 3.58. The van der Waals surface area contributed by atoms with E-state index in [0.717, 1.165) is 36.1 Å². The molecule has 116 valence electrons. The standard InChI is InChI=1S/C16H11BrIN3O2/c1-22-11-6-8(17)5-10-13(11)14(15(18)21-10)12-7-20-16(23-12)9-3-2-4-19-9/h2-7,19,21H,1H3. The number of rotatable bonds is 3. The predicted octanol–water partition coefficient (Wildman–Crippen LogP) is 5.19. The molecule has 0 saturated heterocycles. The van der Waals surface area contributed by atoms with Crippen LogP contribution in [0.4, 0.5) is 0 Å². The smallest absolute Gasteiger partial charge is 0.243 e. The largest absolute Gasteiger partial charge is 0.496 e. The van der Waals surface area contributed by atoms with Gasteiger partial charge in [-0.3, -0.25) is 0 Å². The monoisotopic (exact) mass is 483 g/mol. The Morgan fingerprint density at radius 3 is 2.96 bits per heavy atom.